The van der Waals surface area contributed by atoms with Crippen LogP contribution in [0.1, 0.15) is 36.0 Å². The Morgan fingerprint density at radius 2 is 1.91 bits per heavy atom. The molecule has 3 aliphatic heterocycles. The predicted octanol–water partition coefficient (Wildman–Crippen LogP) is 0.946. The molecule has 0 radical (unpaired) electrons. The highest BCUT2D eigenvalue weighted by Crippen LogP contribution is 2.38. The van der Waals surface area contributed by atoms with Crippen LogP contribution in [0, 0.1) is 0 Å². The number of ether oxygens (including phenoxy) is 1. The number of piperidine rings is 1. The number of carbonyl (C=O) groups excluding carboxylic acids is 1. The Morgan fingerprint density at radius 3 is 2.64 bits per heavy atom. The number of hydrogen-bond donors (Lipinski definition) is 0. The van der Waals surface area contributed by atoms with Crippen molar-refractivity contribution in [2.75, 3.05) is 32.8 Å². The smallest absolute Gasteiger partial charge is 0.257 e. The Kier molecular flexibility index (Phi) is 3.58. The summed E-state index contributed by atoms with van der Waals surface area (Å²) >= 11 is 0. The molecule has 4 rings (SSSR count). The minimum absolute atomic E-state index is 0.0104. The second-order valence-corrected chi connectivity index (χ2v) is 6.74. The lowest BCUT2D eigenvalue weighted by Crippen LogP contribution is -2.63. The lowest BCUT2D eigenvalue weighted by Gasteiger charge is -2.47. The van der Waals surface area contributed by atoms with Crippen molar-refractivity contribution in [3.63, 3.8) is 0 Å². The standard InChI is InChI=1S/C16H22N4O2/c21-15(13-7-17-12-18-8-13)20-10-16(11-20)6-14(9-22-16)19-4-2-1-3-5-19/h7-8,12,14H,1-6,9-11H2. The molecule has 1 spiro atoms. The zero-order valence-electron chi connectivity index (χ0n) is 12.8. The monoisotopic (exact) mass is 302 g/mol. The highest BCUT2D eigenvalue weighted by Gasteiger charge is 2.52. The molecule has 22 heavy (non-hydrogen) atoms. The van der Waals surface area contributed by atoms with Gasteiger partial charge in [-0.3, -0.25) is 9.69 Å². The van der Waals surface area contributed by atoms with E-state index in [4.69, 9.17) is 4.74 Å². The second kappa shape index (κ2) is 5.59. The van der Waals surface area contributed by atoms with Gasteiger partial charge in [0.1, 0.15) is 11.9 Å². The van der Waals surface area contributed by atoms with Crippen LogP contribution < -0.4 is 0 Å². The Hall–Kier alpha value is -1.53. The Balaban J connectivity index is 1.34. The number of amides is 1. The molecule has 3 fully saturated rings. The first kappa shape index (κ1) is 14.1. The molecule has 1 aromatic rings. The summed E-state index contributed by atoms with van der Waals surface area (Å²) in [7, 11) is 0. The lowest BCUT2D eigenvalue weighted by molar-refractivity contribution is -0.0951. The lowest BCUT2D eigenvalue weighted by atomic mass is 9.88. The van der Waals surface area contributed by atoms with Crippen LogP contribution in [0.2, 0.25) is 0 Å². The van der Waals surface area contributed by atoms with E-state index in [1.54, 1.807) is 12.4 Å². The van der Waals surface area contributed by atoms with Gasteiger partial charge >= 0.3 is 0 Å². The number of hydrogen-bond acceptors (Lipinski definition) is 5. The minimum atomic E-state index is -0.104. The van der Waals surface area contributed by atoms with Gasteiger partial charge in [-0.15, -0.1) is 0 Å². The van der Waals surface area contributed by atoms with Crippen LogP contribution in [0.4, 0.5) is 0 Å². The fourth-order valence-corrected chi connectivity index (χ4v) is 3.94. The van der Waals surface area contributed by atoms with Crippen LogP contribution in [-0.2, 0) is 4.74 Å². The third kappa shape index (κ3) is 2.50. The molecule has 3 saturated heterocycles. The third-order valence-corrected chi connectivity index (χ3v) is 5.15. The van der Waals surface area contributed by atoms with Gasteiger partial charge < -0.3 is 9.64 Å². The first-order valence-electron chi connectivity index (χ1n) is 8.18. The zero-order valence-corrected chi connectivity index (χ0v) is 12.8. The van der Waals surface area contributed by atoms with Crippen LogP contribution in [0.25, 0.3) is 0 Å². The normalized spacial score (nSPS) is 27.8. The summed E-state index contributed by atoms with van der Waals surface area (Å²) in [5.74, 6) is 0.0104. The van der Waals surface area contributed by atoms with E-state index < -0.39 is 0 Å². The zero-order chi connectivity index (χ0) is 15.0. The topological polar surface area (TPSA) is 58.6 Å². The van der Waals surface area contributed by atoms with Crippen molar-refractivity contribution in [1.82, 2.24) is 19.8 Å². The summed E-state index contributed by atoms with van der Waals surface area (Å²) < 4.78 is 6.09. The van der Waals surface area contributed by atoms with Gasteiger partial charge in [0.05, 0.1) is 25.3 Å². The SMILES string of the molecule is O=C(c1cncnc1)N1CC2(CC(N3CCCCC3)CO2)C1. The summed E-state index contributed by atoms with van der Waals surface area (Å²) in [6, 6.07) is 0.539. The summed E-state index contributed by atoms with van der Waals surface area (Å²) in [5, 5.41) is 0. The van der Waals surface area contributed by atoms with E-state index in [9.17, 15) is 4.79 Å². The highest BCUT2D eigenvalue weighted by molar-refractivity contribution is 5.94. The first-order chi connectivity index (χ1) is 10.8. The van der Waals surface area contributed by atoms with E-state index in [1.807, 2.05) is 4.90 Å². The molecular weight excluding hydrogens is 280 g/mol. The number of aromatic nitrogens is 2. The Labute approximate surface area is 130 Å². The maximum absolute atomic E-state index is 12.3. The molecule has 1 amide bonds. The summed E-state index contributed by atoms with van der Waals surface area (Å²) in [6.45, 7) is 4.62. The van der Waals surface area contributed by atoms with E-state index in [1.165, 1.54) is 38.7 Å². The molecule has 0 aromatic carbocycles. The van der Waals surface area contributed by atoms with Crippen molar-refractivity contribution in [2.24, 2.45) is 0 Å². The van der Waals surface area contributed by atoms with Crippen LogP contribution in [-0.4, -0.2) is 70.1 Å². The van der Waals surface area contributed by atoms with Crippen molar-refractivity contribution in [2.45, 2.75) is 37.3 Å². The number of carbonyl (C=O) groups is 1. The van der Waals surface area contributed by atoms with Crippen molar-refractivity contribution in [3.05, 3.63) is 24.3 Å². The quantitative estimate of drug-likeness (QED) is 0.814. The number of nitrogens with zero attached hydrogens (tertiary/aromatic N) is 4. The van der Waals surface area contributed by atoms with Crippen molar-refractivity contribution in [3.8, 4) is 0 Å². The van der Waals surface area contributed by atoms with Gasteiger partial charge in [-0.2, -0.15) is 0 Å². The molecule has 0 aliphatic carbocycles. The van der Waals surface area contributed by atoms with Crippen molar-refractivity contribution < 1.29 is 9.53 Å². The molecule has 0 N–H and O–H groups in total. The molecule has 6 nitrogen and oxygen atoms in total. The van der Waals surface area contributed by atoms with Gasteiger partial charge in [-0.25, -0.2) is 9.97 Å². The molecule has 0 saturated carbocycles. The van der Waals surface area contributed by atoms with E-state index in [-0.39, 0.29) is 11.5 Å². The van der Waals surface area contributed by atoms with Gasteiger partial charge in [-0.1, -0.05) is 6.42 Å². The van der Waals surface area contributed by atoms with Crippen molar-refractivity contribution >= 4 is 5.91 Å². The van der Waals surface area contributed by atoms with E-state index >= 15 is 0 Å². The Bertz CT molecular complexity index is 538. The van der Waals surface area contributed by atoms with Gasteiger partial charge in [0.2, 0.25) is 0 Å². The predicted molar refractivity (Wildman–Crippen MR) is 80.4 cm³/mol. The molecule has 1 aromatic heterocycles. The average molecular weight is 302 g/mol. The van der Waals surface area contributed by atoms with Crippen LogP contribution in [0.15, 0.2) is 18.7 Å². The Morgan fingerprint density at radius 1 is 1.18 bits per heavy atom. The largest absolute Gasteiger partial charge is 0.370 e. The summed E-state index contributed by atoms with van der Waals surface area (Å²) in [4.78, 5) is 24.6. The van der Waals surface area contributed by atoms with E-state index in [0.717, 1.165) is 13.0 Å². The van der Waals surface area contributed by atoms with E-state index in [2.05, 4.69) is 14.9 Å². The highest BCUT2D eigenvalue weighted by atomic mass is 16.5. The molecule has 1 atom stereocenters. The maximum Gasteiger partial charge on any atom is 0.257 e. The van der Waals surface area contributed by atoms with E-state index in [0.29, 0.717) is 24.7 Å². The van der Waals surface area contributed by atoms with Gasteiger partial charge in [0.25, 0.3) is 5.91 Å². The van der Waals surface area contributed by atoms with Gasteiger partial charge in [-0.05, 0) is 32.4 Å². The molecule has 4 heterocycles. The van der Waals surface area contributed by atoms with Crippen LogP contribution in [0.3, 0.4) is 0 Å². The first-order valence-corrected chi connectivity index (χ1v) is 8.18. The maximum atomic E-state index is 12.3. The molecular formula is C16H22N4O2. The molecule has 3 aliphatic rings. The molecule has 6 heteroatoms. The molecule has 118 valence electrons. The van der Waals surface area contributed by atoms with Crippen LogP contribution in [0.5, 0.6) is 0 Å². The van der Waals surface area contributed by atoms with Crippen molar-refractivity contribution in [1.29, 1.82) is 0 Å². The molecule has 1 unspecified atom stereocenters. The average Bonchev–Trinajstić information content (AvgIpc) is 3.00. The number of rotatable bonds is 2. The molecule has 0 bridgehead atoms. The van der Waals surface area contributed by atoms with Crippen LogP contribution >= 0.6 is 0 Å². The van der Waals surface area contributed by atoms with Gasteiger partial charge in [0, 0.05) is 18.4 Å². The van der Waals surface area contributed by atoms with Gasteiger partial charge in [0.15, 0.2) is 0 Å². The second-order valence-electron chi connectivity index (χ2n) is 6.74. The third-order valence-electron chi connectivity index (χ3n) is 5.15. The fraction of sp³-hybridized carbons (Fsp3) is 0.688. The summed E-state index contributed by atoms with van der Waals surface area (Å²) in [6.07, 6.45) is 9.62. The summed E-state index contributed by atoms with van der Waals surface area (Å²) in [5.41, 5.74) is 0.455. The fourth-order valence-electron chi connectivity index (χ4n) is 3.94. The minimum Gasteiger partial charge on any atom is -0.370 e. The number of likely N-dealkylation sites (tertiary alicyclic amines) is 2.